The van der Waals surface area contributed by atoms with Crippen LogP contribution >= 0.6 is 0 Å². The maximum Gasteiger partial charge on any atom is 0.268 e. The second-order valence-corrected chi connectivity index (χ2v) is 5.15. The number of nitrogens with one attached hydrogen (secondary N) is 1. The lowest BCUT2D eigenvalue weighted by molar-refractivity contribution is 0.0718. The van der Waals surface area contributed by atoms with Crippen LogP contribution in [0.2, 0.25) is 0 Å². The predicted molar refractivity (Wildman–Crippen MR) is 68.9 cm³/mol. The van der Waals surface area contributed by atoms with Crippen LogP contribution in [0.15, 0.2) is 36.3 Å². The molecule has 1 N–H and O–H groups in total. The third kappa shape index (κ3) is 3.97. The van der Waals surface area contributed by atoms with Crippen LogP contribution in [-0.2, 0) is 10.0 Å². The van der Waals surface area contributed by atoms with Crippen LogP contribution in [-0.4, -0.2) is 25.9 Å². The van der Waals surface area contributed by atoms with Gasteiger partial charge in [-0.2, -0.15) is 0 Å². The first-order valence-electron chi connectivity index (χ1n) is 5.43. The van der Waals surface area contributed by atoms with Gasteiger partial charge in [-0.3, -0.25) is 9.80 Å². The zero-order valence-electron chi connectivity index (χ0n) is 10.1. The summed E-state index contributed by atoms with van der Waals surface area (Å²) in [5, 5.41) is 1.83. The fourth-order valence-corrected chi connectivity index (χ4v) is 1.84. The number of rotatable bonds is 6. The first kappa shape index (κ1) is 14.4. The van der Waals surface area contributed by atoms with Crippen molar-refractivity contribution in [3.63, 3.8) is 0 Å². The molecule has 1 aromatic rings. The lowest BCUT2D eigenvalue weighted by atomic mass is 10.2. The molecule has 0 atom stereocenters. The van der Waals surface area contributed by atoms with Crippen LogP contribution < -0.4 is 4.83 Å². The molecule has 6 heteroatoms. The maximum absolute atomic E-state index is 12.1. The van der Waals surface area contributed by atoms with E-state index in [-0.39, 0.29) is 6.54 Å². The Morgan fingerprint density at radius 3 is 2.61 bits per heavy atom. The molecule has 18 heavy (non-hydrogen) atoms. The fraction of sp³-hybridized carbons (Fsp3) is 0.250. The van der Waals surface area contributed by atoms with Gasteiger partial charge in [-0.15, -0.1) is 4.83 Å². The average Bonchev–Trinajstić information content (AvgIpc) is 2.38. The summed E-state index contributed by atoms with van der Waals surface area (Å²) in [7, 11) is -3.68. The summed E-state index contributed by atoms with van der Waals surface area (Å²) < 4.78 is 22.8. The van der Waals surface area contributed by atoms with Gasteiger partial charge in [-0.05, 0) is 24.6 Å². The molecule has 0 saturated carbocycles. The van der Waals surface area contributed by atoms with E-state index in [9.17, 15) is 13.2 Å². The molecule has 0 unspecified atom stereocenters. The van der Waals surface area contributed by atoms with Crippen molar-refractivity contribution < 1.29 is 13.2 Å². The summed E-state index contributed by atoms with van der Waals surface area (Å²) in [6, 6.07) is 9.14. The SMILES string of the molecule is C=CS(=O)(=O)NN(CCC)C(=O)c1cc[c]cc1. The second kappa shape index (κ2) is 6.32. The largest absolute Gasteiger partial charge is 0.268 e. The highest BCUT2D eigenvalue weighted by atomic mass is 32.2. The van der Waals surface area contributed by atoms with E-state index in [1.165, 1.54) is 0 Å². The number of carbonyl (C=O) groups is 1. The van der Waals surface area contributed by atoms with Crippen LogP contribution in [0.3, 0.4) is 0 Å². The Labute approximate surface area is 107 Å². The van der Waals surface area contributed by atoms with Crippen molar-refractivity contribution in [3.05, 3.63) is 47.9 Å². The topological polar surface area (TPSA) is 66.5 Å². The van der Waals surface area contributed by atoms with Crippen molar-refractivity contribution in [2.45, 2.75) is 13.3 Å². The summed E-state index contributed by atoms with van der Waals surface area (Å²) in [6.07, 6.45) is 0.629. The smallest absolute Gasteiger partial charge is 0.268 e. The number of benzene rings is 1. The molecule has 1 amide bonds. The van der Waals surface area contributed by atoms with Gasteiger partial charge in [0.2, 0.25) is 10.0 Å². The monoisotopic (exact) mass is 267 g/mol. The van der Waals surface area contributed by atoms with Crippen LogP contribution in [0.4, 0.5) is 0 Å². The Hall–Kier alpha value is -1.66. The predicted octanol–water partition coefficient (Wildman–Crippen LogP) is 1.32. The fourth-order valence-electron chi connectivity index (χ4n) is 1.29. The summed E-state index contributed by atoms with van der Waals surface area (Å²) in [5.74, 6) is -0.406. The van der Waals surface area contributed by atoms with Crippen LogP contribution in [0.25, 0.3) is 0 Å². The summed E-state index contributed by atoms with van der Waals surface area (Å²) in [5.41, 5.74) is 0.397. The molecule has 1 rings (SSSR count). The molecule has 0 bridgehead atoms. The van der Waals surface area contributed by atoms with Crippen molar-refractivity contribution in [1.82, 2.24) is 9.84 Å². The molecular formula is C12H15N2O3S. The third-order valence-corrected chi connectivity index (χ3v) is 3.03. The first-order chi connectivity index (χ1) is 8.50. The number of sulfonamides is 1. The van der Waals surface area contributed by atoms with Crippen molar-refractivity contribution in [3.8, 4) is 0 Å². The molecule has 0 heterocycles. The normalized spacial score (nSPS) is 10.9. The number of carbonyl (C=O) groups excluding carboxylic acids is 1. The lowest BCUT2D eigenvalue weighted by Crippen LogP contribution is -2.45. The molecule has 0 aliphatic carbocycles. The van der Waals surface area contributed by atoms with E-state index in [2.05, 4.69) is 17.5 Å². The Bertz CT molecular complexity index is 511. The van der Waals surface area contributed by atoms with E-state index in [0.29, 0.717) is 12.0 Å². The highest BCUT2D eigenvalue weighted by Crippen LogP contribution is 2.04. The van der Waals surface area contributed by atoms with Crippen molar-refractivity contribution in [1.29, 1.82) is 0 Å². The number of hydrogen-bond acceptors (Lipinski definition) is 3. The third-order valence-electron chi connectivity index (χ3n) is 2.11. The average molecular weight is 267 g/mol. The molecule has 0 aromatic heterocycles. The Balaban J connectivity index is 2.92. The van der Waals surface area contributed by atoms with Gasteiger partial charge in [0.25, 0.3) is 5.91 Å². The van der Waals surface area contributed by atoms with Gasteiger partial charge >= 0.3 is 0 Å². The van der Waals surface area contributed by atoms with Gasteiger partial charge in [0.15, 0.2) is 0 Å². The van der Waals surface area contributed by atoms with E-state index < -0.39 is 15.9 Å². The minimum atomic E-state index is -3.68. The van der Waals surface area contributed by atoms with Crippen LogP contribution in [0.5, 0.6) is 0 Å². The molecule has 0 fully saturated rings. The van der Waals surface area contributed by atoms with E-state index in [1.54, 1.807) is 24.3 Å². The standard InChI is InChI=1S/C12H15N2O3S/c1-3-10-14(13-18(16,17)4-2)12(15)11-8-6-5-7-9-11/h4,6-9,13H,2-3,10H2,1H3. The molecule has 1 radical (unpaired) electrons. The minimum Gasteiger partial charge on any atom is -0.268 e. The van der Waals surface area contributed by atoms with Gasteiger partial charge in [-0.25, -0.2) is 8.42 Å². The second-order valence-electron chi connectivity index (χ2n) is 3.55. The van der Waals surface area contributed by atoms with Gasteiger partial charge in [-0.1, -0.05) is 25.6 Å². The Morgan fingerprint density at radius 1 is 1.50 bits per heavy atom. The van der Waals surface area contributed by atoms with Crippen molar-refractivity contribution in [2.75, 3.05) is 6.54 Å². The van der Waals surface area contributed by atoms with Crippen molar-refractivity contribution in [2.24, 2.45) is 0 Å². The summed E-state index contributed by atoms with van der Waals surface area (Å²) in [4.78, 5) is 14.2. The first-order valence-corrected chi connectivity index (χ1v) is 6.97. The highest BCUT2D eigenvalue weighted by molar-refractivity contribution is 7.92. The molecular weight excluding hydrogens is 252 g/mol. The molecule has 5 nitrogen and oxygen atoms in total. The molecule has 0 saturated heterocycles. The highest BCUT2D eigenvalue weighted by Gasteiger charge is 2.18. The summed E-state index contributed by atoms with van der Waals surface area (Å²) in [6.45, 7) is 5.31. The van der Waals surface area contributed by atoms with Gasteiger partial charge in [0, 0.05) is 17.5 Å². The number of nitrogens with zero attached hydrogens (tertiary/aromatic N) is 1. The summed E-state index contributed by atoms with van der Waals surface area (Å²) >= 11 is 0. The van der Waals surface area contributed by atoms with E-state index in [4.69, 9.17) is 0 Å². The molecule has 97 valence electrons. The van der Waals surface area contributed by atoms with Crippen LogP contribution in [0.1, 0.15) is 23.7 Å². The van der Waals surface area contributed by atoms with Crippen LogP contribution in [0, 0.1) is 6.07 Å². The minimum absolute atomic E-state index is 0.282. The molecule has 0 aliphatic heterocycles. The number of hydrazine groups is 1. The van der Waals surface area contributed by atoms with Gasteiger partial charge in [0.05, 0.1) is 0 Å². The Morgan fingerprint density at radius 2 is 2.11 bits per heavy atom. The number of hydrogen-bond donors (Lipinski definition) is 1. The van der Waals surface area contributed by atoms with Gasteiger partial charge < -0.3 is 0 Å². The zero-order valence-corrected chi connectivity index (χ0v) is 10.9. The van der Waals surface area contributed by atoms with Crippen molar-refractivity contribution >= 4 is 15.9 Å². The maximum atomic E-state index is 12.1. The Kier molecular flexibility index (Phi) is 5.06. The molecule has 1 aromatic carbocycles. The van der Waals surface area contributed by atoms with E-state index >= 15 is 0 Å². The molecule has 0 spiro atoms. The zero-order chi connectivity index (χ0) is 13.6. The van der Waals surface area contributed by atoms with Gasteiger partial charge in [0.1, 0.15) is 0 Å². The number of amides is 1. The van der Waals surface area contributed by atoms with E-state index in [1.807, 2.05) is 6.92 Å². The molecule has 0 aliphatic rings. The quantitative estimate of drug-likeness (QED) is 0.790. The lowest BCUT2D eigenvalue weighted by Gasteiger charge is -2.21. The van der Waals surface area contributed by atoms with E-state index in [0.717, 1.165) is 10.4 Å².